The van der Waals surface area contributed by atoms with Gasteiger partial charge in [0.15, 0.2) is 5.60 Å². The SMILES string of the molecule is CCOC(=O)C1=CC(C(=O)OCC)=C(N2CCCC2)CC1(O)C(F)(F)F. The molecule has 0 spiro atoms. The summed E-state index contributed by atoms with van der Waals surface area (Å²) in [5.41, 5.74) is -4.54. The zero-order chi connectivity index (χ0) is 19.5. The molecule has 0 radical (unpaired) electrons. The third-order valence-corrected chi connectivity index (χ3v) is 4.42. The van der Waals surface area contributed by atoms with Crippen molar-refractivity contribution in [2.45, 2.75) is 44.9 Å². The van der Waals surface area contributed by atoms with Crippen molar-refractivity contribution in [3.63, 3.8) is 0 Å². The third kappa shape index (κ3) is 3.72. The van der Waals surface area contributed by atoms with Crippen LogP contribution in [0.3, 0.4) is 0 Å². The standard InChI is InChI=1S/C17H22F3NO5/c1-3-25-14(22)11-9-12(15(23)26-4-2)16(24,17(18,19)20)10-13(11)21-7-5-6-8-21/h9,24H,3-8,10H2,1-2H3. The lowest BCUT2D eigenvalue weighted by molar-refractivity contribution is -0.246. The molecule has 1 saturated heterocycles. The molecule has 26 heavy (non-hydrogen) atoms. The number of nitrogens with zero attached hydrogens (tertiary/aromatic N) is 1. The first-order valence-corrected chi connectivity index (χ1v) is 8.49. The number of hydrogen-bond donors (Lipinski definition) is 1. The van der Waals surface area contributed by atoms with Crippen LogP contribution in [0.4, 0.5) is 13.2 Å². The van der Waals surface area contributed by atoms with Crippen LogP contribution in [-0.4, -0.2) is 60.0 Å². The van der Waals surface area contributed by atoms with Crippen LogP contribution in [0.5, 0.6) is 0 Å². The first-order chi connectivity index (χ1) is 12.2. The number of aliphatic hydroxyl groups is 1. The number of carbonyl (C=O) groups excluding carboxylic acids is 2. The summed E-state index contributed by atoms with van der Waals surface area (Å²) in [5.74, 6) is -2.14. The van der Waals surface area contributed by atoms with Gasteiger partial charge in [-0.2, -0.15) is 13.2 Å². The molecule has 0 aromatic rings. The minimum atomic E-state index is -5.11. The minimum absolute atomic E-state index is 0.0295. The van der Waals surface area contributed by atoms with E-state index in [1.54, 1.807) is 11.8 Å². The summed E-state index contributed by atoms with van der Waals surface area (Å²) < 4.78 is 50.6. The number of ether oxygens (including phenoxy) is 2. The number of halogens is 3. The molecule has 2 rings (SSSR count). The quantitative estimate of drug-likeness (QED) is 0.740. The summed E-state index contributed by atoms with van der Waals surface area (Å²) in [4.78, 5) is 26.0. The molecular formula is C17H22F3NO5. The fourth-order valence-corrected chi connectivity index (χ4v) is 3.12. The first-order valence-electron chi connectivity index (χ1n) is 8.49. The zero-order valence-corrected chi connectivity index (χ0v) is 14.7. The highest BCUT2D eigenvalue weighted by atomic mass is 19.4. The van der Waals surface area contributed by atoms with Crippen molar-refractivity contribution in [3.8, 4) is 0 Å². The lowest BCUT2D eigenvalue weighted by Crippen LogP contribution is -2.52. The Morgan fingerprint density at radius 2 is 1.69 bits per heavy atom. The van der Waals surface area contributed by atoms with Gasteiger partial charge in [0.05, 0.1) is 24.4 Å². The van der Waals surface area contributed by atoms with Crippen LogP contribution in [0.15, 0.2) is 22.9 Å². The molecule has 9 heteroatoms. The highest BCUT2D eigenvalue weighted by Gasteiger charge is 2.61. The van der Waals surface area contributed by atoms with Crippen molar-refractivity contribution in [1.29, 1.82) is 0 Å². The molecule has 2 aliphatic rings. The molecule has 146 valence electrons. The van der Waals surface area contributed by atoms with Gasteiger partial charge in [-0.15, -0.1) is 0 Å². The van der Waals surface area contributed by atoms with Gasteiger partial charge >= 0.3 is 18.1 Å². The highest BCUT2D eigenvalue weighted by molar-refractivity contribution is 5.99. The average Bonchev–Trinajstić information content (AvgIpc) is 3.08. The molecule has 1 unspecified atom stereocenters. The molecule has 0 aromatic carbocycles. The predicted octanol–water partition coefficient (Wildman–Crippen LogP) is 2.09. The van der Waals surface area contributed by atoms with E-state index in [-0.39, 0.29) is 24.5 Å². The van der Waals surface area contributed by atoms with E-state index in [1.165, 1.54) is 6.92 Å². The summed E-state index contributed by atoms with van der Waals surface area (Å²) in [6.45, 7) is 3.80. The van der Waals surface area contributed by atoms with Crippen molar-refractivity contribution in [2.24, 2.45) is 0 Å². The Balaban J connectivity index is 2.60. The topological polar surface area (TPSA) is 76.1 Å². The number of esters is 2. The Hall–Kier alpha value is -2.03. The smallest absolute Gasteiger partial charge is 0.422 e. The normalized spacial score (nSPS) is 23.8. The molecule has 0 bridgehead atoms. The average molecular weight is 377 g/mol. The maximum absolute atomic E-state index is 13.7. The minimum Gasteiger partial charge on any atom is -0.463 e. The Morgan fingerprint density at radius 3 is 2.19 bits per heavy atom. The Morgan fingerprint density at radius 1 is 1.15 bits per heavy atom. The van der Waals surface area contributed by atoms with Crippen molar-refractivity contribution < 1.29 is 37.3 Å². The van der Waals surface area contributed by atoms with Crippen molar-refractivity contribution in [1.82, 2.24) is 4.90 Å². The first kappa shape index (κ1) is 20.3. The summed E-state index contributed by atoms with van der Waals surface area (Å²) in [7, 11) is 0. The maximum atomic E-state index is 13.7. The highest BCUT2D eigenvalue weighted by Crippen LogP contribution is 2.46. The summed E-state index contributed by atoms with van der Waals surface area (Å²) in [5, 5.41) is 10.4. The lowest BCUT2D eigenvalue weighted by Gasteiger charge is -2.38. The second-order valence-electron chi connectivity index (χ2n) is 6.09. The fraction of sp³-hybridized carbons (Fsp3) is 0.647. The molecule has 1 fully saturated rings. The van der Waals surface area contributed by atoms with E-state index in [0.717, 1.165) is 18.9 Å². The molecule has 0 saturated carbocycles. The van der Waals surface area contributed by atoms with Crippen LogP contribution in [0.2, 0.25) is 0 Å². The molecule has 1 aliphatic heterocycles. The van der Waals surface area contributed by atoms with Crippen LogP contribution in [-0.2, 0) is 19.1 Å². The number of alkyl halides is 3. The van der Waals surface area contributed by atoms with Crippen LogP contribution in [0.1, 0.15) is 33.1 Å². The van der Waals surface area contributed by atoms with Crippen LogP contribution < -0.4 is 0 Å². The van der Waals surface area contributed by atoms with Gasteiger partial charge < -0.3 is 19.5 Å². The molecule has 1 atom stereocenters. The van der Waals surface area contributed by atoms with Gasteiger partial charge in [0, 0.05) is 25.2 Å². The second-order valence-corrected chi connectivity index (χ2v) is 6.09. The van der Waals surface area contributed by atoms with Gasteiger partial charge in [0.1, 0.15) is 0 Å². The molecule has 6 nitrogen and oxygen atoms in total. The Bertz CT molecular complexity index is 635. The van der Waals surface area contributed by atoms with E-state index in [4.69, 9.17) is 4.74 Å². The molecule has 1 aliphatic carbocycles. The molecule has 0 amide bonds. The van der Waals surface area contributed by atoms with E-state index in [2.05, 4.69) is 4.74 Å². The molecule has 1 heterocycles. The zero-order valence-electron chi connectivity index (χ0n) is 14.7. The molecular weight excluding hydrogens is 355 g/mol. The fourth-order valence-electron chi connectivity index (χ4n) is 3.12. The Kier molecular flexibility index (Phi) is 6.00. The third-order valence-electron chi connectivity index (χ3n) is 4.42. The Labute approximate surface area is 149 Å². The van der Waals surface area contributed by atoms with Gasteiger partial charge in [-0.3, -0.25) is 0 Å². The van der Waals surface area contributed by atoms with Crippen LogP contribution in [0, 0.1) is 0 Å². The van der Waals surface area contributed by atoms with Crippen molar-refractivity contribution in [2.75, 3.05) is 26.3 Å². The van der Waals surface area contributed by atoms with Gasteiger partial charge in [-0.25, -0.2) is 9.59 Å². The van der Waals surface area contributed by atoms with Crippen LogP contribution >= 0.6 is 0 Å². The van der Waals surface area contributed by atoms with E-state index >= 15 is 0 Å². The van der Waals surface area contributed by atoms with Gasteiger partial charge in [-0.1, -0.05) is 0 Å². The maximum Gasteiger partial charge on any atom is 0.422 e. The summed E-state index contributed by atoms with van der Waals surface area (Å²) in [6, 6.07) is 0. The molecule has 1 N–H and O–H groups in total. The van der Waals surface area contributed by atoms with Gasteiger partial charge in [0.2, 0.25) is 0 Å². The number of rotatable bonds is 5. The monoisotopic (exact) mass is 377 g/mol. The molecule has 0 aromatic heterocycles. The van der Waals surface area contributed by atoms with Crippen molar-refractivity contribution in [3.05, 3.63) is 22.9 Å². The summed E-state index contributed by atoms with van der Waals surface area (Å²) >= 11 is 0. The largest absolute Gasteiger partial charge is 0.463 e. The van der Waals surface area contributed by atoms with Gasteiger partial charge in [0.25, 0.3) is 0 Å². The number of hydrogen-bond acceptors (Lipinski definition) is 6. The van der Waals surface area contributed by atoms with E-state index < -0.39 is 35.7 Å². The van der Waals surface area contributed by atoms with E-state index in [1.807, 2.05) is 0 Å². The second kappa shape index (κ2) is 7.69. The summed E-state index contributed by atoms with van der Waals surface area (Å²) in [6.07, 6.45) is -3.76. The van der Waals surface area contributed by atoms with E-state index in [9.17, 15) is 27.9 Å². The van der Waals surface area contributed by atoms with Crippen molar-refractivity contribution >= 4 is 11.9 Å². The predicted molar refractivity (Wildman–Crippen MR) is 84.8 cm³/mol. The van der Waals surface area contributed by atoms with Gasteiger partial charge in [-0.05, 0) is 32.8 Å². The number of likely N-dealkylation sites (tertiary alicyclic amines) is 1. The van der Waals surface area contributed by atoms with Crippen LogP contribution in [0.25, 0.3) is 0 Å². The van der Waals surface area contributed by atoms with E-state index in [0.29, 0.717) is 13.1 Å². The lowest BCUT2D eigenvalue weighted by atomic mass is 9.81. The number of carbonyl (C=O) groups is 2.